The summed E-state index contributed by atoms with van der Waals surface area (Å²) < 4.78 is 61.9. The molecule has 1 rings (SSSR count). The maximum Gasteiger partial charge on any atom is 0.458 e. The molecule has 0 saturated heterocycles. The van der Waals surface area contributed by atoms with Crippen molar-refractivity contribution < 1.29 is 27.1 Å². The van der Waals surface area contributed by atoms with Crippen molar-refractivity contribution in [3.63, 3.8) is 0 Å². The second kappa shape index (κ2) is 4.60. The minimum Gasteiger partial charge on any atom is -0.388 e. The number of aliphatic hydroxyl groups excluding tert-OH is 1. The van der Waals surface area contributed by atoms with Crippen LogP contribution in [0.2, 0.25) is 0 Å². The predicted molar refractivity (Wildman–Crippen MR) is 51.6 cm³/mol. The fourth-order valence-electron chi connectivity index (χ4n) is 1.31. The van der Waals surface area contributed by atoms with Gasteiger partial charge in [-0.2, -0.15) is 22.0 Å². The molecule has 0 fully saturated rings. The molecule has 1 unspecified atom stereocenters. The fourth-order valence-corrected chi connectivity index (χ4v) is 1.31. The standard InChI is InChI=1S/C11H11F5O/c1-2-9(17)7-3-5-8(6-4-7)10(12,13)11(14,15)16/h3-6,9,17H,2H2,1H3. The first kappa shape index (κ1) is 13.9. The largest absolute Gasteiger partial charge is 0.458 e. The summed E-state index contributed by atoms with van der Waals surface area (Å²) >= 11 is 0. The molecule has 1 aromatic rings. The Morgan fingerprint density at radius 3 is 1.88 bits per heavy atom. The van der Waals surface area contributed by atoms with E-state index in [1.165, 1.54) is 0 Å². The van der Waals surface area contributed by atoms with E-state index >= 15 is 0 Å². The monoisotopic (exact) mass is 254 g/mol. The molecule has 0 aromatic heterocycles. The third-order valence-electron chi connectivity index (χ3n) is 2.40. The van der Waals surface area contributed by atoms with Gasteiger partial charge in [0, 0.05) is 5.56 Å². The molecular weight excluding hydrogens is 243 g/mol. The average Bonchev–Trinajstić information content (AvgIpc) is 2.26. The molecule has 17 heavy (non-hydrogen) atoms. The lowest BCUT2D eigenvalue weighted by molar-refractivity contribution is -0.289. The molecule has 0 saturated carbocycles. The summed E-state index contributed by atoms with van der Waals surface area (Å²) in [5.41, 5.74) is -0.814. The lowest BCUT2D eigenvalue weighted by Crippen LogP contribution is -2.33. The Morgan fingerprint density at radius 1 is 1.06 bits per heavy atom. The lowest BCUT2D eigenvalue weighted by atomic mass is 10.0. The Morgan fingerprint density at radius 2 is 1.53 bits per heavy atom. The summed E-state index contributed by atoms with van der Waals surface area (Å²) in [4.78, 5) is 0. The highest BCUT2D eigenvalue weighted by Gasteiger charge is 2.58. The van der Waals surface area contributed by atoms with Gasteiger partial charge in [-0.15, -0.1) is 0 Å². The van der Waals surface area contributed by atoms with Crippen LogP contribution in [0.4, 0.5) is 22.0 Å². The molecule has 0 heterocycles. The van der Waals surface area contributed by atoms with Crippen molar-refractivity contribution in [2.45, 2.75) is 31.5 Å². The molecule has 6 heteroatoms. The molecular formula is C11H11F5O. The first-order valence-corrected chi connectivity index (χ1v) is 4.93. The third-order valence-corrected chi connectivity index (χ3v) is 2.40. The summed E-state index contributed by atoms with van der Waals surface area (Å²) in [7, 11) is 0. The summed E-state index contributed by atoms with van der Waals surface area (Å²) in [6.07, 6.45) is -6.11. The smallest absolute Gasteiger partial charge is 0.388 e. The molecule has 1 aromatic carbocycles. The second-order valence-electron chi connectivity index (χ2n) is 3.62. The van der Waals surface area contributed by atoms with Gasteiger partial charge in [-0.05, 0) is 12.0 Å². The van der Waals surface area contributed by atoms with Crippen LogP contribution in [-0.2, 0) is 5.92 Å². The van der Waals surface area contributed by atoms with E-state index < -0.39 is 23.8 Å². The lowest BCUT2D eigenvalue weighted by Gasteiger charge is -2.20. The van der Waals surface area contributed by atoms with Crippen molar-refractivity contribution in [2.24, 2.45) is 0 Å². The number of hydrogen-bond donors (Lipinski definition) is 1. The molecule has 0 aliphatic heterocycles. The molecule has 0 amide bonds. The average molecular weight is 254 g/mol. The minimum atomic E-state index is -5.61. The van der Waals surface area contributed by atoms with E-state index in [-0.39, 0.29) is 0 Å². The Hall–Kier alpha value is -1.17. The summed E-state index contributed by atoms with van der Waals surface area (Å²) in [6, 6.07) is 3.51. The van der Waals surface area contributed by atoms with Crippen molar-refractivity contribution in [3.05, 3.63) is 35.4 Å². The van der Waals surface area contributed by atoms with Crippen LogP contribution in [0.5, 0.6) is 0 Å². The van der Waals surface area contributed by atoms with E-state index in [0.29, 0.717) is 24.1 Å². The van der Waals surface area contributed by atoms with Crippen LogP contribution in [0.3, 0.4) is 0 Å². The fraction of sp³-hybridized carbons (Fsp3) is 0.455. The van der Waals surface area contributed by atoms with Gasteiger partial charge in [-0.1, -0.05) is 31.2 Å². The van der Waals surface area contributed by atoms with Gasteiger partial charge in [0.2, 0.25) is 0 Å². The van der Waals surface area contributed by atoms with E-state index in [2.05, 4.69) is 0 Å². The predicted octanol–water partition coefficient (Wildman–Crippen LogP) is 3.78. The summed E-state index contributed by atoms with van der Waals surface area (Å²) in [5, 5.41) is 9.37. The van der Waals surface area contributed by atoms with Crippen LogP contribution < -0.4 is 0 Å². The Balaban J connectivity index is 3.03. The number of alkyl halides is 5. The topological polar surface area (TPSA) is 20.2 Å². The molecule has 0 aliphatic rings. The van der Waals surface area contributed by atoms with Crippen LogP contribution in [0.25, 0.3) is 0 Å². The SMILES string of the molecule is CCC(O)c1ccc(C(F)(F)C(F)(F)F)cc1. The quantitative estimate of drug-likeness (QED) is 0.814. The van der Waals surface area contributed by atoms with Gasteiger partial charge in [0.1, 0.15) is 0 Å². The van der Waals surface area contributed by atoms with Crippen LogP contribution in [0, 0.1) is 0 Å². The van der Waals surface area contributed by atoms with Gasteiger partial charge in [-0.3, -0.25) is 0 Å². The highest BCUT2D eigenvalue weighted by Crippen LogP contribution is 2.43. The number of benzene rings is 1. The van der Waals surface area contributed by atoms with Gasteiger partial charge in [0.05, 0.1) is 6.10 Å². The Labute approximate surface area is 94.9 Å². The summed E-state index contributed by atoms with van der Waals surface area (Å²) in [5.74, 6) is -4.87. The molecule has 1 nitrogen and oxygen atoms in total. The molecule has 0 aliphatic carbocycles. The number of hydrogen-bond acceptors (Lipinski definition) is 1. The molecule has 0 radical (unpaired) electrons. The maximum absolute atomic E-state index is 12.9. The van der Waals surface area contributed by atoms with Crippen molar-refractivity contribution in [3.8, 4) is 0 Å². The highest BCUT2D eigenvalue weighted by atomic mass is 19.4. The van der Waals surface area contributed by atoms with Crippen molar-refractivity contribution >= 4 is 0 Å². The molecule has 96 valence electrons. The zero-order valence-electron chi connectivity index (χ0n) is 8.93. The van der Waals surface area contributed by atoms with Gasteiger partial charge in [0.25, 0.3) is 0 Å². The molecule has 0 bridgehead atoms. The first-order chi connectivity index (χ1) is 7.70. The second-order valence-corrected chi connectivity index (χ2v) is 3.62. The first-order valence-electron chi connectivity index (χ1n) is 4.93. The maximum atomic E-state index is 12.9. The van der Waals surface area contributed by atoms with Gasteiger partial charge < -0.3 is 5.11 Å². The van der Waals surface area contributed by atoms with E-state index in [4.69, 9.17) is 0 Å². The van der Waals surface area contributed by atoms with E-state index in [9.17, 15) is 27.1 Å². The van der Waals surface area contributed by atoms with Gasteiger partial charge >= 0.3 is 12.1 Å². The zero-order chi connectivity index (χ0) is 13.3. The van der Waals surface area contributed by atoms with Crippen molar-refractivity contribution in [2.75, 3.05) is 0 Å². The van der Waals surface area contributed by atoms with E-state index in [1.807, 2.05) is 0 Å². The normalized spacial score (nSPS) is 14.8. The minimum absolute atomic E-state index is 0.314. The molecule has 1 atom stereocenters. The number of rotatable bonds is 3. The van der Waals surface area contributed by atoms with Crippen molar-refractivity contribution in [1.82, 2.24) is 0 Å². The van der Waals surface area contributed by atoms with Crippen LogP contribution in [0.1, 0.15) is 30.6 Å². The van der Waals surface area contributed by atoms with Crippen molar-refractivity contribution in [1.29, 1.82) is 0 Å². The van der Waals surface area contributed by atoms with Gasteiger partial charge in [-0.25, -0.2) is 0 Å². The third kappa shape index (κ3) is 2.74. The van der Waals surface area contributed by atoms with Crippen LogP contribution >= 0.6 is 0 Å². The molecule has 1 N–H and O–H groups in total. The van der Waals surface area contributed by atoms with Crippen LogP contribution in [-0.4, -0.2) is 11.3 Å². The highest BCUT2D eigenvalue weighted by molar-refractivity contribution is 5.28. The number of halogens is 5. The van der Waals surface area contributed by atoms with Gasteiger partial charge in [0.15, 0.2) is 0 Å². The summed E-state index contributed by atoms with van der Waals surface area (Å²) in [6.45, 7) is 1.67. The number of aliphatic hydroxyl groups is 1. The zero-order valence-corrected chi connectivity index (χ0v) is 8.93. The molecule has 0 spiro atoms. The van der Waals surface area contributed by atoms with E-state index in [1.54, 1.807) is 6.92 Å². The van der Waals surface area contributed by atoms with E-state index in [0.717, 1.165) is 12.1 Å². The van der Waals surface area contributed by atoms with Crippen LogP contribution in [0.15, 0.2) is 24.3 Å². The Bertz CT molecular complexity index is 368. The Kier molecular flexibility index (Phi) is 3.76.